The molecule has 3 rings (SSSR count). The molecule has 0 bridgehead atoms. The monoisotopic (exact) mass is 411 g/mol. The Labute approximate surface area is 161 Å². The highest BCUT2D eigenvalue weighted by atomic mass is 19.4. The van der Waals surface area contributed by atoms with Crippen molar-refractivity contribution in [2.24, 2.45) is 0 Å². The van der Waals surface area contributed by atoms with Gasteiger partial charge in [-0.25, -0.2) is 18.9 Å². The van der Waals surface area contributed by atoms with Crippen molar-refractivity contribution in [2.45, 2.75) is 13.0 Å². The van der Waals surface area contributed by atoms with Gasteiger partial charge in [0, 0.05) is 0 Å². The summed E-state index contributed by atoms with van der Waals surface area (Å²) in [5.74, 6) is -1.70. The molecule has 1 aromatic heterocycles. The molecular formula is C18H13F4N3O4. The van der Waals surface area contributed by atoms with Crippen molar-refractivity contribution in [1.29, 1.82) is 0 Å². The Balaban J connectivity index is 1.64. The van der Waals surface area contributed by atoms with E-state index in [1.807, 2.05) is 0 Å². The summed E-state index contributed by atoms with van der Waals surface area (Å²) in [7, 11) is 1.18. The first-order valence-corrected chi connectivity index (χ1v) is 8.02. The van der Waals surface area contributed by atoms with Crippen molar-refractivity contribution in [3.05, 3.63) is 66.0 Å². The summed E-state index contributed by atoms with van der Waals surface area (Å²) in [6, 6.07) is 8.62. The number of methoxy groups -OCH3 is 1. The SMILES string of the molecule is COC(=O)c1ccc(OCc2ncn(-c3ccc(OC(F)(F)F)cc3)n2)c(F)c1. The van der Waals surface area contributed by atoms with Gasteiger partial charge in [-0.05, 0) is 42.5 Å². The number of aromatic nitrogens is 3. The Kier molecular flexibility index (Phi) is 5.66. The van der Waals surface area contributed by atoms with E-state index in [0.717, 1.165) is 18.2 Å². The smallest absolute Gasteiger partial charge is 0.482 e. The predicted molar refractivity (Wildman–Crippen MR) is 90.1 cm³/mol. The van der Waals surface area contributed by atoms with E-state index in [2.05, 4.69) is 19.6 Å². The van der Waals surface area contributed by atoms with E-state index in [9.17, 15) is 22.4 Å². The fourth-order valence-electron chi connectivity index (χ4n) is 2.29. The molecule has 0 aliphatic carbocycles. The van der Waals surface area contributed by atoms with Crippen LogP contribution in [-0.2, 0) is 11.3 Å². The average molecular weight is 411 g/mol. The standard InChI is InChI=1S/C18H13F4N3O4/c1-27-17(26)11-2-7-15(14(19)8-11)28-9-16-23-10-25(24-16)12-3-5-13(6-4-12)29-18(20,21)22/h2-8,10H,9H2,1H3. The molecule has 0 aliphatic rings. The Morgan fingerprint density at radius 3 is 2.48 bits per heavy atom. The van der Waals surface area contributed by atoms with E-state index in [1.54, 1.807) is 0 Å². The van der Waals surface area contributed by atoms with Crippen molar-refractivity contribution in [2.75, 3.05) is 7.11 Å². The van der Waals surface area contributed by atoms with Gasteiger partial charge >= 0.3 is 12.3 Å². The third kappa shape index (κ3) is 5.21. The molecule has 29 heavy (non-hydrogen) atoms. The van der Waals surface area contributed by atoms with Gasteiger partial charge in [0.2, 0.25) is 0 Å². The van der Waals surface area contributed by atoms with Gasteiger partial charge in [-0.1, -0.05) is 0 Å². The van der Waals surface area contributed by atoms with E-state index in [-0.39, 0.29) is 29.5 Å². The van der Waals surface area contributed by atoms with Crippen LogP contribution in [0.3, 0.4) is 0 Å². The molecule has 0 atom stereocenters. The van der Waals surface area contributed by atoms with Crippen LogP contribution < -0.4 is 9.47 Å². The molecule has 152 valence electrons. The molecule has 0 saturated carbocycles. The molecule has 0 aliphatic heterocycles. The lowest BCUT2D eigenvalue weighted by Crippen LogP contribution is -2.17. The molecule has 0 saturated heterocycles. The van der Waals surface area contributed by atoms with Crippen LogP contribution >= 0.6 is 0 Å². The average Bonchev–Trinajstić information content (AvgIpc) is 3.14. The van der Waals surface area contributed by atoms with Crippen LogP contribution in [0.2, 0.25) is 0 Å². The maximum atomic E-state index is 14.0. The van der Waals surface area contributed by atoms with Gasteiger partial charge in [-0.3, -0.25) is 0 Å². The molecule has 2 aromatic carbocycles. The van der Waals surface area contributed by atoms with E-state index in [4.69, 9.17) is 4.74 Å². The number of benzene rings is 2. The van der Waals surface area contributed by atoms with Crippen LogP contribution in [0.25, 0.3) is 5.69 Å². The van der Waals surface area contributed by atoms with Crippen molar-refractivity contribution < 1.29 is 36.6 Å². The second-order valence-corrected chi connectivity index (χ2v) is 5.57. The van der Waals surface area contributed by atoms with Crippen molar-refractivity contribution in [3.8, 4) is 17.2 Å². The zero-order valence-electron chi connectivity index (χ0n) is 14.8. The van der Waals surface area contributed by atoms with E-state index in [0.29, 0.717) is 5.69 Å². The number of esters is 1. The highest BCUT2D eigenvalue weighted by Gasteiger charge is 2.31. The van der Waals surface area contributed by atoms with Crippen molar-refractivity contribution in [1.82, 2.24) is 14.8 Å². The number of carbonyl (C=O) groups excluding carboxylic acids is 1. The Morgan fingerprint density at radius 1 is 1.14 bits per heavy atom. The maximum Gasteiger partial charge on any atom is 0.573 e. The molecular weight excluding hydrogens is 398 g/mol. The van der Waals surface area contributed by atoms with Crippen LogP contribution in [0, 0.1) is 5.82 Å². The third-order valence-electron chi connectivity index (χ3n) is 3.58. The molecule has 0 fully saturated rings. The summed E-state index contributed by atoms with van der Waals surface area (Å²) in [6.07, 6.45) is -3.45. The maximum absolute atomic E-state index is 14.0. The molecule has 0 N–H and O–H groups in total. The second kappa shape index (κ2) is 8.17. The van der Waals surface area contributed by atoms with Gasteiger partial charge in [0.05, 0.1) is 18.4 Å². The van der Waals surface area contributed by atoms with Crippen LogP contribution in [-0.4, -0.2) is 34.2 Å². The second-order valence-electron chi connectivity index (χ2n) is 5.57. The van der Waals surface area contributed by atoms with Crippen LogP contribution in [0.5, 0.6) is 11.5 Å². The number of carbonyl (C=O) groups is 1. The highest BCUT2D eigenvalue weighted by Crippen LogP contribution is 2.24. The van der Waals surface area contributed by atoms with Gasteiger partial charge in [0.1, 0.15) is 18.7 Å². The molecule has 0 unspecified atom stereocenters. The fourth-order valence-corrected chi connectivity index (χ4v) is 2.29. The fraction of sp³-hybridized carbons (Fsp3) is 0.167. The molecule has 7 nitrogen and oxygen atoms in total. The number of hydrogen-bond donors (Lipinski definition) is 0. The lowest BCUT2D eigenvalue weighted by atomic mass is 10.2. The summed E-state index contributed by atoms with van der Waals surface area (Å²) in [5, 5.41) is 4.11. The van der Waals surface area contributed by atoms with Crippen molar-refractivity contribution >= 4 is 5.97 Å². The van der Waals surface area contributed by atoms with Crippen LogP contribution in [0.1, 0.15) is 16.2 Å². The summed E-state index contributed by atoms with van der Waals surface area (Å²) in [4.78, 5) is 15.4. The lowest BCUT2D eigenvalue weighted by molar-refractivity contribution is -0.274. The number of alkyl halides is 3. The summed E-state index contributed by atoms with van der Waals surface area (Å²) in [5.41, 5.74) is 0.476. The molecule has 0 amide bonds. The van der Waals surface area contributed by atoms with Gasteiger partial charge in [-0.15, -0.1) is 18.3 Å². The van der Waals surface area contributed by atoms with Gasteiger partial charge in [0.15, 0.2) is 17.4 Å². The molecule has 0 spiro atoms. The van der Waals surface area contributed by atoms with E-state index >= 15 is 0 Å². The number of nitrogens with zero attached hydrogens (tertiary/aromatic N) is 3. The largest absolute Gasteiger partial charge is 0.573 e. The minimum atomic E-state index is -4.77. The molecule has 3 aromatic rings. The van der Waals surface area contributed by atoms with Crippen molar-refractivity contribution in [3.63, 3.8) is 0 Å². The topological polar surface area (TPSA) is 75.5 Å². The van der Waals surface area contributed by atoms with Gasteiger partial charge in [0.25, 0.3) is 0 Å². The highest BCUT2D eigenvalue weighted by molar-refractivity contribution is 5.89. The first-order valence-electron chi connectivity index (χ1n) is 8.02. The predicted octanol–water partition coefficient (Wildman–Crippen LogP) is 3.67. The number of ether oxygens (including phenoxy) is 3. The number of halogens is 4. The normalized spacial score (nSPS) is 11.2. The summed E-state index contributed by atoms with van der Waals surface area (Å²) in [6.45, 7) is -0.170. The summed E-state index contributed by atoms with van der Waals surface area (Å²) < 4.78 is 65.5. The molecule has 1 heterocycles. The molecule has 0 radical (unpaired) electrons. The zero-order chi connectivity index (χ0) is 21.0. The van der Waals surface area contributed by atoms with Gasteiger partial charge < -0.3 is 14.2 Å². The minimum Gasteiger partial charge on any atom is -0.482 e. The molecule has 11 heteroatoms. The van der Waals surface area contributed by atoms with E-state index < -0.39 is 18.1 Å². The number of hydrogen-bond acceptors (Lipinski definition) is 6. The van der Waals surface area contributed by atoms with Crippen LogP contribution in [0.15, 0.2) is 48.8 Å². The summed E-state index contributed by atoms with van der Waals surface area (Å²) >= 11 is 0. The zero-order valence-corrected chi connectivity index (χ0v) is 14.8. The Hall–Kier alpha value is -3.63. The third-order valence-corrected chi connectivity index (χ3v) is 3.58. The Morgan fingerprint density at radius 2 is 1.86 bits per heavy atom. The lowest BCUT2D eigenvalue weighted by Gasteiger charge is -2.09. The van der Waals surface area contributed by atoms with Crippen LogP contribution in [0.4, 0.5) is 17.6 Å². The minimum absolute atomic E-state index is 0.0395. The quantitative estimate of drug-likeness (QED) is 0.455. The van der Waals surface area contributed by atoms with Gasteiger partial charge in [-0.2, -0.15) is 0 Å². The first-order chi connectivity index (χ1) is 13.7. The Bertz CT molecular complexity index is 1000. The van der Waals surface area contributed by atoms with E-state index in [1.165, 1.54) is 42.4 Å². The number of rotatable bonds is 6. The first kappa shape index (κ1) is 20.1.